The quantitative estimate of drug-likeness (QED) is 0.397. The standard InChI is InChI=1S/C29H38F2N5O6S2/c30-24-4-8-26(9-5-24)43(39,40)34-16-12-32(13-17-34)28(37)22-36(20-2-1-3-21-36)23-29(38)33-14-18-35(19-15-33)44(41,42)27-10-6-25(31)7-11-27/h4-11H,1-3,12-23H2/q+1. The molecule has 3 heterocycles. The van der Waals surface area contributed by atoms with Gasteiger partial charge in [-0.15, -0.1) is 0 Å². The van der Waals surface area contributed by atoms with Crippen LogP contribution in [0.25, 0.3) is 0 Å². The van der Waals surface area contributed by atoms with E-state index in [2.05, 4.69) is 0 Å². The maximum Gasteiger partial charge on any atom is 0.277 e. The predicted molar refractivity (Wildman–Crippen MR) is 157 cm³/mol. The Kier molecular flexibility index (Phi) is 9.70. The highest BCUT2D eigenvalue weighted by atomic mass is 32.2. The van der Waals surface area contributed by atoms with Crippen molar-refractivity contribution >= 4 is 31.9 Å². The fourth-order valence-corrected chi connectivity index (χ4v) is 9.04. The average molecular weight is 655 g/mol. The van der Waals surface area contributed by atoms with Gasteiger partial charge in [-0.25, -0.2) is 25.6 Å². The Bertz CT molecular complexity index is 1440. The highest BCUT2D eigenvalue weighted by molar-refractivity contribution is 7.89. The van der Waals surface area contributed by atoms with Crippen molar-refractivity contribution in [1.29, 1.82) is 0 Å². The number of halogens is 2. The molecule has 3 aliphatic heterocycles. The van der Waals surface area contributed by atoms with Crippen LogP contribution in [-0.4, -0.2) is 130 Å². The van der Waals surface area contributed by atoms with E-state index in [-0.39, 0.29) is 87.1 Å². The number of piperidine rings is 1. The smallest absolute Gasteiger partial charge is 0.277 e. The van der Waals surface area contributed by atoms with Gasteiger partial charge in [0.1, 0.15) is 11.6 Å². The molecule has 15 heteroatoms. The summed E-state index contributed by atoms with van der Waals surface area (Å²) in [4.78, 5) is 30.3. The third kappa shape index (κ3) is 7.12. The molecule has 3 fully saturated rings. The van der Waals surface area contributed by atoms with Crippen LogP contribution in [0.5, 0.6) is 0 Å². The number of piperazine rings is 2. The number of quaternary nitrogens is 1. The van der Waals surface area contributed by atoms with Gasteiger partial charge in [0.2, 0.25) is 20.0 Å². The summed E-state index contributed by atoms with van der Waals surface area (Å²) in [7, 11) is -7.62. The number of rotatable bonds is 8. The van der Waals surface area contributed by atoms with Crippen LogP contribution in [0.1, 0.15) is 19.3 Å². The van der Waals surface area contributed by atoms with Crippen LogP contribution in [0.4, 0.5) is 8.78 Å². The molecule has 0 spiro atoms. The van der Waals surface area contributed by atoms with E-state index in [4.69, 9.17) is 0 Å². The molecule has 0 atom stereocenters. The van der Waals surface area contributed by atoms with Crippen molar-refractivity contribution in [3.05, 3.63) is 60.2 Å². The molecular weight excluding hydrogens is 616 g/mol. The van der Waals surface area contributed by atoms with E-state index in [0.29, 0.717) is 17.6 Å². The van der Waals surface area contributed by atoms with Gasteiger partial charge in [0.05, 0.1) is 22.9 Å². The second-order valence-corrected chi connectivity index (χ2v) is 15.5. The van der Waals surface area contributed by atoms with Crippen LogP contribution in [0.2, 0.25) is 0 Å². The molecular formula is C29H38F2N5O6S2+. The first-order valence-electron chi connectivity index (χ1n) is 14.8. The monoisotopic (exact) mass is 654 g/mol. The highest BCUT2D eigenvalue weighted by Crippen LogP contribution is 2.23. The Hall–Kier alpha value is -2.98. The van der Waals surface area contributed by atoms with E-state index in [1.807, 2.05) is 0 Å². The predicted octanol–water partition coefficient (Wildman–Crippen LogP) is 1.33. The molecule has 0 aliphatic carbocycles. The summed E-state index contributed by atoms with van der Waals surface area (Å²) in [5, 5.41) is 0. The number of carbonyl (C=O) groups excluding carboxylic acids is 2. The fourth-order valence-electron chi connectivity index (χ4n) is 6.20. The molecule has 11 nitrogen and oxygen atoms in total. The summed E-state index contributed by atoms with van der Waals surface area (Å²) in [6, 6.07) is 9.33. The second kappa shape index (κ2) is 13.2. The molecule has 240 valence electrons. The van der Waals surface area contributed by atoms with Gasteiger partial charge in [-0.05, 0) is 67.8 Å². The van der Waals surface area contributed by atoms with Crippen molar-refractivity contribution in [1.82, 2.24) is 18.4 Å². The summed E-state index contributed by atoms with van der Waals surface area (Å²) in [6.45, 7) is 2.98. The van der Waals surface area contributed by atoms with Gasteiger partial charge in [-0.2, -0.15) is 8.61 Å². The van der Waals surface area contributed by atoms with Crippen molar-refractivity contribution in [3.63, 3.8) is 0 Å². The molecule has 0 bridgehead atoms. The van der Waals surface area contributed by atoms with E-state index in [0.717, 1.165) is 43.5 Å². The second-order valence-electron chi connectivity index (χ2n) is 11.6. The van der Waals surface area contributed by atoms with Crippen LogP contribution in [-0.2, 0) is 29.6 Å². The normalized spacial score (nSPS) is 20.4. The first kappa shape index (κ1) is 32.4. The van der Waals surface area contributed by atoms with E-state index in [1.165, 1.54) is 32.9 Å². The van der Waals surface area contributed by atoms with Crippen molar-refractivity contribution in [2.45, 2.75) is 29.1 Å². The number of sulfonamides is 2. The van der Waals surface area contributed by atoms with E-state index < -0.39 is 31.7 Å². The lowest BCUT2D eigenvalue weighted by molar-refractivity contribution is -0.918. The Morgan fingerprint density at radius 3 is 1.25 bits per heavy atom. The van der Waals surface area contributed by atoms with Gasteiger partial charge in [0, 0.05) is 52.4 Å². The lowest BCUT2D eigenvalue weighted by Crippen LogP contribution is -2.62. The number of likely N-dealkylation sites (tertiary alicyclic amines) is 1. The number of nitrogens with zero attached hydrogens (tertiary/aromatic N) is 5. The molecule has 0 saturated carbocycles. The number of hydrogen-bond acceptors (Lipinski definition) is 6. The minimum Gasteiger partial charge on any atom is -0.335 e. The van der Waals surface area contributed by atoms with Crippen molar-refractivity contribution < 1.29 is 39.7 Å². The summed E-state index contributed by atoms with van der Waals surface area (Å²) in [5.74, 6) is -1.31. The molecule has 2 aromatic rings. The van der Waals surface area contributed by atoms with E-state index in [9.17, 15) is 35.2 Å². The van der Waals surface area contributed by atoms with Crippen LogP contribution < -0.4 is 0 Å². The third-order valence-electron chi connectivity index (χ3n) is 8.79. The maximum absolute atomic E-state index is 13.5. The molecule has 0 N–H and O–H groups in total. The van der Waals surface area contributed by atoms with Crippen molar-refractivity contribution in [3.8, 4) is 0 Å². The number of hydrogen-bond donors (Lipinski definition) is 0. The zero-order valence-corrected chi connectivity index (χ0v) is 26.1. The van der Waals surface area contributed by atoms with Crippen molar-refractivity contribution in [2.75, 3.05) is 78.5 Å². The van der Waals surface area contributed by atoms with Crippen molar-refractivity contribution in [2.24, 2.45) is 0 Å². The molecule has 3 aliphatic rings. The topological polar surface area (TPSA) is 115 Å². The molecule has 5 rings (SSSR count). The minimum atomic E-state index is -3.81. The molecule has 0 radical (unpaired) electrons. The third-order valence-corrected chi connectivity index (χ3v) is 12.6. The van der Waals surface area contributed by atoms with Crippen LogP contribution in [0, 0.1) is 11.6 Å². The first-order chi connectivity index (χ1) is 20.9. The van der Waals surface area contributed by atoms with Crippen LogP contribution in [0.15, 0.2) is 58.3 Å². The number of amides is 2. The molecule has 44 heavy (non-hydrogen) atoms. The minimum absolute atomic E-state index is 0.00361. The lowest BCUT2D eigenvalue weighted by atomic mass is 10.1. The molecule has 3 saturated heterocycles. The SMILES string of the molecule is O=C(C[N+]1(CC(=O)N2CCN(S(=O)(=O)c3ccc(F)cc3)CC2)CCCCC1)N1CCN(S(=O)(=O)c2ccc(F)cc2)CC1. The molecule has 2 aromatic carbocycles. The van der Waals surface area contributed by atoms with E-state index in [1.54, 1.807) is 9.80 Å². The van der Waals surface area contributed by atoms with Crippen LogP contribution in [0.3, 0.4) is 0 Å². The van der Waals surface area contributed by atoms with Gasteiger partial charge in [0.15, 0.2) is 13.1 Å². The fraction of sp³-hybridized carbons (Fsp3) is 0.517. The zero-order valence-electron chi connectivity index (χ0n) is 24.5. The van der Waals surface area contributed by atoms with Gasteiger partial charge in [-0.3, -0.25) is 9.59 Å². The summed E-state index contributed by atoms with van der Waals surface area (Å²) in [5.41, 5.74) is 0. The van der Waals surface area contributed by atoms with Gasteiger partial charge < -0.3 is 14.3 Å². The van der Waals surface area contributed by atoms with Crippen LogP contribution >= 0.6 is 0 Å². The first-order valence-corrected chi connectivity index (χ1v) is 17.7. The Morgan fingerprint density at radius 1 is 0.568 bits per heavy atom. The Labute approximate surface area is 257 Å². The summed E-state index contributed by atoms with van der Waals surface area (Å²) < 4.78 is 81.4. The molecule has 0 aromatic heterocycles. The molecule has 0 unspecified atom stereocenters. The van der Waals surface area contributed by atoms with Gasteiger partial charge in [0.25, 0.3) is 11.8 Å². The Morgan fingerprint density at radius 2 is 0.909 bits per heavy atom. The largest absolute Gasteiger partial charge is 0.335 e. The van der Waals surface area contributed by atoms with Gasteiger partial charge >= 0.3 is 0 Å². The van der Waals surface area contributed by atoms with E-state index >= 15 is 0 Å². The highest BCUT2D eigenvalue weighted by Gasteiger charge is 2.40. The maximum atomic E-state index is 13.5. The zero-order chi connectivity index (χ0) is 31.5. The van der Waals surface area contributed by atoms with Gasteiger partial charge in [-0.1, -0.05) is 0 Å². The number of benzene rings is 2. The summed E-state index contributed by atoms with van der Waals surface area (Å²) in [6.07, 6.45) is 2.78. The number of carbonyl (C=O) groups is 2. The molecule has 2 amide bonds. The average Bonchev–Trinajstić information content (AvgIpc) is 3.02. The lowest BCUT2D eigenvalue weighted by Gasteiger charge is -2.43. The summed E-state index contributed by atoms with van der Waals surface area (Å²) >= 11 is 0. The Balaban J connectivity index is 1.17.